The Balaban J connectivity index is 2.51. The molecule has 1 nitrogen and oxygen atoms in total. The van der Waals surface area contributed by atoms with Crippen LogP contribution in [0.2, 0.25) is 0 Å². The van der Waals surface area contributed by atoms with Crippen LogP contribution in [0.3, 0.4) is 0 Å². The Labute approximate surface area is 69.8 Å². The van der Waals surface area contributed by atoms with E-state index in [0.29, 0.717) is 6.61 Å². The van der Waals surface area contributed by atoms with Gasteiger partial charge in [-0.25, -0.2) is 0 Å². The third-order valence-corrected chi connectivity index (χ3v) is 3.37. The molecule has 0 bridgehead atoms. The van der Waals surface area contributed by atoms with Crippen molar-refractivity contribution in [2.24, 2.45) is 17.3 Å². The molecule has 1 rings (SSSR count). The van der Waals surface area contributed by atoms with Crippen molar-refractivity contribution in [3.8, 4) is 0 Å². The van der Waals surface area contributed by atoms with E-state index < -0.39 is 0 Å². The van der Waals surface area contributed by atoms with Crippen LogP contribution < -0.4 is 0 Å². The zero-order valence-corrected chi connectivity index (χ0v) is 7.93. The summed E-state index contributed by atoms with van der Waals surface area (Å²) in [4.78, 5) is 0. The van der Waals surface area contributed by atoms with Crippen LogP contribution in [0.25, 0.3) is 0 Å². The second-order valence-electron chi connectivity index (χ2n) is 4.67. The molecule has 0 spiro atoms. The molecule has 3 atom stereocenters. The van der Waals surface area contributed by atoms with Gasteiger partial charge < -0.3 is 5.11 Å². The van der Waals surface area contributed by atoms with Crippen molar-refractivity contribution in [1.29, 1.82) is 0 Å². The van der Waals surface area contributed by atoms with E-state index in [9.17, 15) is 0 Å². The maximum absolute atomic E-state index is 9.15. The summed E-state index contributed by atoms with van der Waals surface area (Å²) in [5, 5.41) is 9.15. The van der Waals surface area contributed by atoms with E-state index in [1.54, 1.807) is 0 Å². The van der Waals surface area contributed by atoms with E-state index in [0.717, 1.165) is 11.8 Å². The predicted molar refractivity (Wildman–Crippen MR) is 47.4 cm³/mol. The van der Waals surface area contributed by atoms with Crippen LogP contribution in [0, 0.1) is 17.3 Å². The molecule has 1 N–H and O–H groups in total. The molecule has 1 aliphatic carbocycles. The van der Waals surface area contributed by atoms with E-state index in [-0.39, 0.29) is 5.41 Å². The molecule has 0 aromatic rings. The number of hydrogen-bond donors (Lipinski definition) is 1. The monoisotopic (exact) mass is 156 g/mol. The van der Waals surface area contributed by atoms with Gasteiger partial charge in [-0.15, -0.1) is 0 Å². The molecule has 0 saturated heterocycles. The summed E-state index contributed by atoms with van der Waals surface area (Å²) in [7, 11) is 0. The lowest BCUT2D eigenvalue weighted by molar-refractivity contribution is 0.0546. The number of rotatable bonds is 1. The van der Waals surface area contributed by atoms with E-state index in [1.807, 2.05) is 0 Å². The van der Waals surface area contributed by atoms with Crippen LogP contribution >= 0.6 is 0 Å². The highest BCUT2D eigenvalue weighted by Gasteiger charge is 2.32. The minimum atomic E-state index is 0.228. The molecule has 1 fully saturated rings. The molecule has 11 heavy (non-hydrogen) atoms. The van der Waals surface area contributed by atoms with Crippen LogP contribution in [-0.4, -0.2) is 11.7 Å². The minimum absolute atomic E-state index is 0.228. The van der Waals surface area contributed by atoms with Gasteiger partial charge in [-0.2, -0.15) is 0 Å². The highest BCUT2D eigenvalue weighted by atomic mass is 16.3. The lowest BCUT2D eigenvalue weighted by Crippen LogP contribution is -2.31. The molecular formula is C10H20O. The Kier molecular flexibility index (Phi) is 2.58. The second kappa shape index (κ2) is 3.14. The quantitative estimate of drug-likeness (QED) is 0.618. The van der Waals surface area contributed by atoms with E-state index >= 15 is 0 Å². The summed E-state index contributed by atoms with van der Waals surface area (Å²) in [5.41, 5.74) is 0.228. The number of hydrogen-bond acceptors (Lipinski definition) is 1. The van der Waals surface area contributed by atoms with Gasteiger partial charge in [-0.3, -0.25) is 0 Å². The first-order chi connectivity index (χ1) is 5.07. The fraction of sp³-hybridized carbons (Fsp3) is 1.00. The van der Waals surface area contributed by atoms with Gasteiger partial charge >= 0.3 is 0 Å². The molecule has 0 aliphatic heterocycles. The van der Waals surface area contributed by atoms with E-state index in [2.05, 4.69) is 20.8 Å². The molecule has 1 aliphatic rings. The van der Waals surface area contributed by atoms with Crippen LogP contribution in [0.15, 0.2) is 0 Å². The molecular weight excluding hydrogens is 136 g/mol. The van der Waals surface area contributed by atoms with Crippen molar-refractivity contribution in [3.63, 3.8) is 0 Å². The van der Waals surface area contributed by atoms with Gasteiger partial charge in [-0.05, 0) is 36.5 Å². The normalized spacial score (nSPS) is 45.8. The van der Waals surface area contributed by atoms with Crippen molar-refractivity contribution >= 4 is 0 Å². The maximum atomic E-state index is 9.15. The molecule has 0 radical (unpaired) electrons. The average Bonchev–Trinajstić information content (AvgIpc) is 1.98. The molecule has 0 aromatic carbocycles. The van der Waals surface area contributed by atoms with Gasteiger partial charge in [0.1, 0.15) is 0 Å². The topological polar surface area (TPSA) is 20.2 Å². The van der Waals surface area contributed by atoms with E-state index in [1.165, 1.54) is 19.3 Å². The third kappa shape index (κ3) is 1.96. The molecule has 1 heteroatoms. The summed E-state index contributed by atoms with van der Waals surface area (Å²) in [6.45, 7) is 7.19. The van der Waals surface area contributed by atoms with Gasteiger partial charge in [0.2, 0.25) is 0 Å². The fourth-order valence-electron chi connectivity index (χ4n) is 2.08. The lowest BCUT2D eigenvalue weighted by Gasteiger charge is -2.39. The molecule has 0 heterocycles. The highest BCUT2D eigenvalue weighted by Crippen LogP contribution is 2.41. The SMILES string of the molecule is C[C@@H]1CC[C@](C)(CO)C[C@@H]1C. The Morgan fingerprint density at radius 1 is 1.36 bits per heavy atom. The first kappa shape index (κ1) is 9.05. The van der Waals surface area contributed by atoms with Gasteiger partial charge in [0, 0.05) is 6.61 Å². The second-order valence-corrected chi connectivity index (χ2v) is 4.67. The zero-order valence-electron chi connectivity index (χ0n) is 7.93. The minimum Gasteiger partial charge on any atom is -0.396 e. The highest BCUT2D eigenvalue weighted by molar-refractivity contribution is 4.83. The molecule has 0 amide bonds. The van der Waals surface area contributed by atoms with Crippen molar-refractivity contribution in [2.75, 3.05) is 6.61 Å². The summed E-state index contributed by atoms with van der Waals surface area (Å²) < 4.78 is 0. The largest absolute Gasteiger partial charge is 0.396 e. The molecule has 66 valence electrons. The Morgan fingerprint density at radius 3 is 2.45 bits per heavy atom. The fourth-order valence-corrected chi connectivity index (χ4v) is 2.08. The van der Waals surface area contributed by atoms with Crippen LogP contribution in [0.1, 0.15) is 40.0 Å². The van der Waals surface area contributed by atoms with Gasteiger partial charge in [-0.1, -0.05) is 20.8 Å². The van der Waals surface area contributed by atoms with Crippen molar-refractivity contribution in [2.45, 2.75) is 40.0 Å². The smallest absolute Gasteiger partial charge is 0.0484 e. The molecule has 0 aromatic heterocycles. The van der Waals surface area contributed by atoms with Crippen LogP contribution in [0.4, 0.5) is 0 Å². The predicted octanol–water partition coefficient (Wildman–Crippen LogP) is 2.44. The maximum Gasteiger partial charge on any atom is 0.0484 e. The summed E-state index contributed by atoms with van der Waals surface area (Å²) >= 11 is 0. The average molecular weight is 156 g/mol. The molecule has 0 unspecified atom stereocenters. The van der Waals surface area contributed by atoms with E-state index in [4.69, 9.17) is 5.11 Å². The Bertz CT molecular complexity index is 133. The number of aliphatic hydroxyl groups excluding tert-OH is 1. The van der Waals surface area contributed by atoms with Gasteiger partial charge in [0.25, 0.3) is 0 Å². The zero-order chi connectivity index (χ0) is 8.48. The third-order valence-electron chi connectivity index (χ3n) is 3.37. The first-order valence-electron chi connectivity index (χ1n) is 4.68. The van der Waals surface area contributed by atoms with Crippen molar-refractivity contribution < 1.29 is 5.11 Å². The summed E-state index contributed by atoms with van der Waals surface area (Å²) in [6, 6.07) is 0. The van der Waals surface area contributed by atoms with Crippen molar-refractivity contribution in [1.82, 2.24) is 0 Å². The first-order valence-corrected chi connectivity index (χ1v) is 4.68. The van der Waals surface area contributed by atoms with Gasteiger partial charge in [0.15, 0.2) is 0 Å². The van der Waals surface area contributed by atoms with Crippen LogP contribution in [0.5, 0.6) is 0 Å². The Morgan fingerprint density at radius 2 is 2.00 bits per heavy atom. The lowest BCUT2D eigenvalue weighted by atomic mass is 9.68. The summed E-state index contributed by atoms with van der Waals surface area (Å²) in [5.74, 6) is 1.65. The van der Waals surface area contributed by atoms with Crippen molar-refractivity contribution in [3.05, 3.63) is 0 Å². The standard InChI is InChI=1S/C10H20O/c1-8-4-5-10(3,7-11)6-9(8)2/h8-9,11H,4-7H2,1-3H3/t8-,9+,10+/m1/s1. The Hall–Kier alpha value is -0.0400. The summed E-state index contributed by atoms with van der Waals surface area (Å²) in [6.07, 6.45) is 3.69. The van der Waals surface area contributed by atoms with Gasteiger partial charge in [0.05, 0.1) is 0 Å². The number of aliphatic hydroxyl groups is 1. The molecule has 1 saturated carbocycles. The van der Waals surface area contributed by atoms with Crippen LogP contribution in [-0.2, 0) is 0 Å².